The average Bonchev–Trinajstić information content (AvgIpc) is 3.73. The number of nitrogens with one attached hydrogen (secondary N) is 1. The lowest BCUT2D eigenvalue weighted by Crippen LogP contribution is -2.36. The van der Waals surface area contributed by atoms with E-state index < -0.39 is 0 Å². The van der Waals surface area contributed by atoms with Crippen LogP contribution in [0.5, 0.6) is 0 Å². The van der Waals surface area contributed by atoms with Crippen molar-refractivity contribution in [1.82, 2.24) is 24.4 Å². The van der Waals surface area contributed by atoms with Crippen LogP contribution in [0.4, 0.5) is 17.5 Å². The number of aryl methyl sites for hydroxylation is 2. The number of nitrogens with zero attached hydrogens (tertiary/aromatic N) is 5. The van der Waals surface area contributed by atoms with Gasteiger partial charge in [-0.15, -0.1) is 0 Å². The number of oxazole rings is 1. The average molecular weight is 552 g/mol. The third-order valence-corrected chi connectivity index (χ3v) is 8.54. The molecule has 0 radical (unpaired) electrons. The van der Waals surface area contributed by atoms with E-state index in [1.807, 2.05) is 0 Å². The summed E-state index contributed by atoms with van der Waals surface area (Å²) in [5.74, 6) is 0.520. The van der Waals surface area contributed by atoms with Crippen LogP contribution in [0.2, 0.25) is 0 Å². The van der Waals surface area contributed by atoms with Gasteiger partial charge in [-0.05, 0) is 74.0 Å². The predicted octanol–water partition coefficient (Wildman–Crippen LogP) is 6.25. The van der Waals surface area contributed by atoms with Crippen molar-refractivity contribution in [2.75, 3.05) is 43.9 Å². The minimum atomic E-state index is 0.466. The molecule has 1 saturated carbocycles. The molecule has 0 amide bonds. The molecule has 0 bridgehead atoms. The van der Waals surface area contributed by atoms with Gasteiger partial charge in [0.1, 0.15) is 23.3 Å². The van der Waals surface area contributed by atoms with Crippen LogP contribution < -0.4 is 11.1 Å². The largest absolute Gasteiger partial charge is 0.423 e. The SMILES string of the molecule is Cc1cc(CCCN2CCOCC2)c2oc(Nc3ccc(-c4cn(C5CCCC5)c5ncnc(N)c45)cc3)nc2c1. The lowest BCUT2D eigenvalue weighted by atomic mass is 10.1. The van der Waals surface area contributed by atoms with Crippen LogP contribution in [0.25, 0.3) is 33.3 Å². The van der Waals surface area contributed by atoms with Gasteiger partial charge in [0.2, 0.25) is 0 Å². The zero-order chi connectivity index (χ0) is 27.8. The van der Waals surface area contributed by atoms with E-state index in [9.17, 15) is 0 Å². The van der Waals surface area contributed by atoms with Crippen LogP contribution in [0.3, 0.4) is 0 Å². The van der Waals surface area contributed by atoms with E-state index in [-0.39, 0.29) is 0 Å². The van der Waals surface area contributed by atoms with Gasteiger partial charge in [-0.1, -0.05) is 31.0 Å². The second-order valence-electron chi connectivity index (χ2n) is 11.4. The van der Waals surface area contributed by atoms with Gasteiger partial charge in [-0.2, -0.15) is 4.98 Å². The second kappa shape index (κ2) is 11.1. The highest BCUT2D eigenvalue weighted by Gasteiger charge is 2.23. The zero-order valence-electron chi connectivity index (χ0n) is 23.6. The standard InChI is InChI=1S/C32H37N7O2/c1-21-17-23(5-4-12-38-13-15-40-16-14-38)29-27(18-21)37-32(41-29)36-24-10-8-22(9-11-24)26-19-39(25-6-2-3-7-25)31-28(26)30(33)34-20-35-31/h8-11,17-20,25H,2-7,12-16H2,1H3,(H,36,37)(H2,33,34,35). The maximum absolute atomic E-state index is 6.36. The number of anilines is 3. The number of ether oxygens (including phenoxy) is 1. The van der Waals surface area contributed by atoms with Crippen molar-refractivity contribution < 1.29 is 9.15 Å². The summed E-state index contributed by atoms with van der Waals surface area (Å²) >= 11 is 0. The van der Waals surface area contributed by atoms with Crippen LogP contribution >= 0.6 is 0 Å². The number of rotatable bonds is 8. The van der Waals surface area contributed by atoms with Gasteiger partial charge in [0, 0.05) is 36.6 Å². The topological polar surface area (TPSA) is 107 Å². The first-order valence-corrected chi connectivity index (χ1v) is 14.8. The summed E-state index contributed by atoms with van der Waals surface area (Å²) in [5, 5.41) is 4.30. The molecule has 2 aromatic carbocycles. The van der Waals surface area contributed by atoms with Crippen molar-refractivity contribution >= 4 is 39.7 Å². The van der Waals surface area contributed by atoms with E-state index in [1.54, 1.807) is 6.33 Å². The summed E-state index contributed by atoms with van der Waals surface area (Å²) in [6, 6.07) is 13.6. The summed E-state index contributed by atoms with van der Waals surface area (Å²) in [6.45, 7) is 6.89. The van der Waals surface area contributed by atoms with E-state index >= 15 is 0 Å². The Labute approximate surface area is 239 Å². The molecular formula is C32H37N7O2. The molecule has 1 aliphatic heterocycles. The van der Waals surface area contributed by atoms with E-state index in [4.69, 9.17) is 19.9 Å². The fourth-order valence-electron chi connectivity index (χ4n) is 6.46. The van der Waals surface area contributed by atoms with Gasteiger partial charge < -0.3 is 24.8 Å². The maximum Gasteiger partial charge on any atom is 0.300 e. The molecule has 4 heterocycles. The van der Waals surface area contributed by atoms with Crippen LogP contribution in [0.1, 0.15) is 49.3 Å². The highest BCUT2D eigenvalue weighted by Crippen LogP contribution is 2.39. The van der Waals surface area contributed by atoms with Gasteiger partial charge in [-0.25, -0.2) is 9.97 Å². The quantitative estimate of drug-likeness (QED) is 0.233. The molecule has 5 aromatic rings. The van der Waals surface area contributed by atoms with Gasteiger partial charge in [0.15, 0.2) is 5.58 Å². The van der Waals surface area contributed by atoms with Crippen molar-refractivity contribution in [3.8, 4) is 11.1 Å². The zero-order valence-corrected chi connectivity index (χ0v) is 23.6. The van der Waals surface area contributed by atoms with Crippen molar-refractivity contribution in [3.05, 3.63) is 60.0 Å². The Kier molecular flexibility index (Phi) is 7.06. The van der Waals surface area contributed by atoms with Gasteiger partial charge in [0.25, 0.3) is 6.01 Å². The fraction of sp³-hybridized carbons (Fsp3) is 0.406. The number of hydrogen-bond acceptors (Lipinski definition) is 8. The molecule has 2 aliphatic rings. The number of aromatic nitrogens is 4. The Balaban J connectivity index is 1.10. The molecule has 0 atom stereocenters. The second-order valence-corrected chi connectivity index (χ2v) is 11.4. The van der Waals surface area contributed by atoms with E-state index in [0.717, 1.165) is 84.6 Å². The third-order valence-electron chi connectivity index (χ3n) is 8.54. The first-order chi connectivity index (χ1) is 20.1. The van der Waals surface area contributed by atoms with E-state index in [0.29, 0.717) is 17.9 Å². The molecule has 9 nitrogen and oxygen atoms in total. The molecule has 1 saturated heterocycles. The fourth-order valence-corrected chi connectivity index (χ4v) is 6.46. The van der Waals surface area contributed by atoms with Crippen LogP contribution in [-0.4, -0.2) is 57.3 Å². The molecule has 3 N–H and O–H groups in total. The number of nitrogen functional groups attached to an aromatic ring is 1. The highest BCUT2D eigenvalue weighted by atomic mass is 16.5. The first-order valence-electron chi connectivity index (χ1n) is 14.8. The Hall–Kier alpha value is -3.95. The number of nitrogens with two attached hydrogens (primary N) is 1. The lowest BCUT2D eigenvalue weighted by Gasteiger charge is -2.26. The predicted molar refractivity (Wildman–Crippen MR) is 162 cm³/mol. The van der Waals surface area contributed by atoms with Crippen molar-refractivity contribution in [3.63, 3.8) is 0 Å². The van der Waals surface area contributed by atoms with Crippen molar-refractivity contribution in [1.29, 1.82) is 0 Å². The van der Waals surface area contributed by atoms with Gasteiger partial charge in [0.05, 0.1) is 18.6 Å². The molecule has 212 valence electrons. The lowest BCUT2D eigenvalue weighted by molar-refractivity contribution is 0.0375. The number of benzene rings is 2. The van der Waals surface area contributed by atoms with Crippen molar-refractivity contribution in [2.45, 2.75) is 51.5 Å². The minimum Gasteiger partial charge on any atom is -0.423 e. The molecule has 1 aliphatic carbocycles. The molecule has 41 heavy (non-hydrogen) atoms. The summed E-state index contributed by atoms with van der Waals surface area (Å²) in [6.07, 6.45) is 10.7. The van der Waals surface area contributed by atoms with Gasteiger partial charge in [-0.3, -0.25) is 4.90 Å². The minimum absolute atomic E-state index is 0.466. The number of hydrogen-bond donors (Lipinski definition) is 2. The van der Waals surface area contributed by atoms with Crippen molar-refractivity contribution in [2.24, 2.45) is 0 Å². The molecular weight excluding hydrogens is 514 g/mol. The maximum atomic E-state index is 6.36. The van der Waals surface area contributed by atoms with Crippen LogP contribution in [-0.2, 0) is 11.2 Å². The van der Waals surface area contributed by atoms with Crippen LogP contribution in [0, 0.1) is 6.92 Å². The van der Waals surface area contributed by atoms with E-state index in [2.05, 4.69) is 74.3 Å². The monoisotopic (exact) mass is 551 g/mol. The molecule has 2 fully saturated rings. The summed E-state index contributed by atoms with van der Waals surface area (Å²) in [5.41, 5.74) is 14.5. The molecule has 0 unspecified atom stereocenters. The summed E-state index contributed by atoms with van der Waals surface area (Å²) < 4.78 is 14.0. The Morgan fingerprint density at radius 3 is 2.66 bits per heavy atom. The molecule has 0 spiro atoms. The number of fused-ring (bicyclic) bond motifs is 2. The summed E-state index contributed by atoms with van der Waals surface area (Å²) in [7, 11) is 0. The number of morpholine rings is 1. The Morgan fingerprint density at radius 2 is 1.85 bits per heavy atom. The van der Waals surface area contributed by atoms with E-state index in [1.165, 1.54) is 36.8 Å². The highest BCUT2D eigenvalue weighted by molar-refractivity contribution is 6.00. The smallest absolute Gasteiger partial charge is 0.300 e. The Bertz CT molecular complexity index is 1660. The molecule has 3 aromatic heterocycles. The van der Waals surface area contributed by atoms with Crippen LogP contribution in [0.15, 0.2) is 53.3 Å². The molecule has 9 heteroatoms. The Morgan fingerprint density at radius 1 is 1.05 bits per heavy atom. The summed E-state index contributed by atoms with van der Waals surface area (Å²) in [4.78, 5) is 16.2. The third kappa shape index (κ3) is 5.27. The normalized spacial score (nSPS) is 16.7. The molecule has 7 rings (SSSR count). The first kappa shape index (κ1) is 26.0. The van der Waals surface area contributed by atoms with Gasteiger partial charge >= 0.3 is 0 Å².